The predicted molar refractivity (Wildman–Crippen MR) is 61.9 cm³/mol. The van der Waals surface area contributed by atoms with Crippen molar-refractivity contribution in [1.82, 2.24) is 9.97 Å². The largest absolute Gasteiger partial charge is 0.481 e. The Hall–Kier alpha value is -2.01. The lowest BCUT2D eigenvalue weighted by atomic mass is 10.1. The summed E-state index contributed by atoms with van der Waals surface area (Å²) in [6.45, 7) is 0.188. The van der Waals surface area contributed by atoms with Gasteiger partial charge in [-0.3, -0.25) is 0 Å². The van der Waals surface area contributed by atoms with E-state index in [0.717, 1.165) is 0 Å². The predicted octanol–water partition coefficient (Wildman–Crippen LogP) is 1.75. The molecule has 0 unspecified atom stereocenters. The highest BCUT2D eigenvalue weighted by Crippen LogP contribution is 2.28. The highest BCUT2D eigenvalue weighted by molar-refractivity contribution is 5.65. The van der Waals surface area contributed by atoms with Gasteiger partial charge in [-0.1, -0.05) is 12.1 Å². The number of ether oxygens (including phenoxy) is 1. The van der Waals surface area contributed by atoms with Crippen LogP contribution in [0.25, 0.3) is 11.3 Å². The third-order valence-corrected chi connectivity index (χ3v) is 2.43. The highest BCUT2D eigenvalue weighted by atomic mass is 19.1. The van der Waals surface area contributed by atoms with Crippen LogP contribution in [0.5, 0.6) is 5.88 Å². The van der Waals surface area contributed by atoms with Crippen LogP contribution in [0.1, 0.15) is 5.56 Å². The van der Waals surface area contributed by atoms with Gasteiger partial charge in [0.2, 0.25) is 5.88 Å². The highest BCUT2D eigenvalue weighted by Gasteiger charge is 2.14. The number of nitrogens with zero attached hydrogens (tertiary/aromatic N) is 2. The van der Waals surface area contributed by atoms with Crippen LogP contribution >= 0.6 is 0 Å². The molecule has 2 aromatic rings. The Morgan fingerprint density at radius 3 is 2.71 bits per heavy atom. The number of halogens is 1. The molecule has 1 aromatic heterocycles. The first-order valence-electron chi connectivity index (χ1n) is 5.10. The van der Waals surface area contributed by atoms with Crippen molar-refractivity contribution in [2.45, 2.75) is 6.54 Å². The first-order chi connectivity index (χ1) is 8.27. The van der Waals surface area contributed by atoms with Crippen LogP contribution in [0.3, 0.4) is 0 Å². The minimum absolute atomic E-state index is 0.188. The van der Waals surface area contributed by atoms with Crippen molar-refractivity contribution < 1.29 is 9.13 Å². The Labute approximate surface area is 98.3 Å². The minimum Gasteiger partial charge on any atom is -0.481 e. The third kappa shape index (κ3) is 2.09. The van der Waals surface area contributed by atoms with Crippen molar-refractivity contribution in [3.8, 4) is 17.1 Å². The van der Waals surface area contributed by atoms with Crippen molar-refractivity contribution in [2.75, 3.05) is 7.11 Å². The smallest absolute Gasteiger partial charge is 0.221 e. The summed E-state index contributed by atoms with van der Waals surface area (Å²) in [4.78, 5) is 8.03. The average molecular weight is 233 g/mol. The van der Waals surface area contributed by atoms with Gasteiger partial charge in [0.05, 0.1) is 18.4 Å². The molecule has 4 nitrogen and oxygen atoms in total. The van der Waals surface area contributed by atoms with Gasteiger partial charge >= 0.3 is 0 Å². The maximum atomic E-state index is 13.7. The maximum Gasteiger partial charge on any atom is 0.221 e. The van der Waals surface area contributed by atoms with Crippen LogP contribution in [0.15, 0.2) is 30.6 Å². The Balaban J connectivity index is 2.63. The van der Waals surface area contributed by atoms with Gasteiger partial charge in [0, 0.05) is 12.1 Å². The zero-order valence-corrected chi connectivity index (χ0v) is 9.35. The summed E-state index contributed by atoms with van der Waals surface area (Å²) in [6.07, 6.45) is 1.33. The molecule has 2 N–H and O–H groups in total. The molecule has 0 spiro atoms. The summed E-state index contributed by atoms with van der Waals surface area (Å²) in [5.74, 6) is 0.0312. The van der Waals surface area contributed by atoms with E-state index in [1.54, 1.807) is 18.2 Å². The van der Waals surface area contributed by atoms with Crippen LogP contribution in [-0.2, 0) is 6.54 Å². The molecule has 0 aliphatic rings. The van der Waals surface area contributed by atoms with E-state index in [1.807, 2.05) is 0 Å². The summed E-state index contributed by atoms with van der Waals surface area (Å²) in [6, 6.07) is 6.40. The van der Waals surface area contributed by atoms with Gasteiger partial charge in [0.15, 0.2) is 0 Å². The van der Waals surface area contributed by atoms with E-state index in [2.05, 4.69) is 9.97 Å². The SMILES string of the molecule is COc1ncnc(-c2ccccc2F)c1CN. The fourth-order valence-electron chi connectivity index (χ4n) is 1.64. The van der Waals surface area contributed by atoms with Gasteiger partial charge in [-0.25, -0.2) is 14.4 Å². The second-order valence-corrected chi connectivity index (χ2v) is 3.39. The number of hydrogen-bond donors (Lipinski definition) is 1. The maximum absolute atomic E-state index is 13.7. The Bertz CT molecular complexity index is 531. The van der Waals surface area contributed by atoms with Crippen LogP contribution in [0.4, 0.5) is 4.39 Å². The fraction of sp³-hybridized carbons (Fsp3) is 0.167. The summed E-state index contributed by atoms with van der Waals surface area (Å²) in [5.41, 5.74) is 7.10. The monoisotopic (exact) mass is 233 g/mol. The molecule has 1 aromatic carbocycles. The van der Waals surface area contributed by atoms with Gasteiger partial charge in [-0.15, -0.1) is 0 Å². The number of aromatic nitrogens is 2. The molecule has 5 heteroatoms. The molecule has 0 amide bonds. The summed E-state index contributed by atoms with van der Waals surface area (Å²) in [5, 5.41) is 0. The van der Waals surface area contributed by atoms with Gasteiger partial charge in [-0.05, 0) is 12.1 Å². The van der Waals surface area contributed by atoms with Crippen molar-refractivity contribution in [3.63, 3.8) is 0 Å². The van der Waals surface area contributed by atoms with Crippen molar-refractivity contribution in [3.05, 3.63) is 42.0 Å². The quantitative estimate of drug-likeness (QED) is 0.877. The van der Waals surface area contributed by atoms with E-state index < -0.39 is 0 Å². The normalized spacial score (nSPS) is 10.3. The molecule has 0 atom stereocenters. The van der Waals surface area contributed by atoms with Gasteiger partial charge in [0.25, 0.3) is 0 Å². The van der Waals surface area contributed by atoms with E-state index in [4.69, 9.17) is 10.5 Å². The zero-order chi connectivity index (χ0) is 12.3. The molecule has 88 valence electrons. The number of nitrogens with two attached hydrogens (primary N) is 1. The van der Waals surface area contributed by atoms with Crippen LogP contribution in [0, 0.1) is 5.82 Å². The zero-order valence-electron chi connectivity index (χ0n) is 9.35. The lowest BCUT2D eigenvalue weighted by Gasteiger charge is -2.10. The molecule has 0 radical (unpaired) electrons. The lowest BCUT2D eigenvalue weighted by molar-refractivity contribution is 0.391. The molecule has 17 heavy (non-hydrogen) atoms. The second kappa shape index (κ2) is 4.88. The van der Waals surface area contributed by atoms with E-state index in [-0.39, 0.29) is 12.4 Å². The topological polar surface area (TPSA) is 61.0 Å². The number of methoxy groups -OCH3 is 1. The number of hydrogen-bond acceptors (Lipinski definition) is 4. The van der Waals surface area contributed by atoms with Gasteiger partial charge in [0.1, 0.15) is 12.1 Å². The van der Waals surface area contributed by atoms with Crippen molar-refractivity contribution >= 4 is 0 Å². The molecule has 0 fully saturated rings. The molecule has 2 rings (SSSR count). The first-order valence-corrected chi connectivity index (χ1v) is 5.10. The van der Waals surface area contributed by atoms with E-state index in [0.29, 0.717) is 22.7 Å². The number of rotatable bonds is 3. The molecule has 1 heterocycles. The molecule has 0 aliphatic carbocycles. The molecule has 0 saturated heterocycles. The molecular weight excluding hydrogens is 221 g/mol. The summed E-state index contributed by atoms with van der Waals surface area (Å²) >= 11 is 0. The molecule has 0 bridgehead atoms. The molecular formula is C12H12FN3O. The Morgan fingerprint density at radius 1 is 1.29 bits per heavy atom. The summed E-state index contributed by atoms with van der Waals surface area (Å²) in [7, 11) is 1.49. The minimum atomic E-state index is -0.344. The lowest BCUT2D eigenvalue weighted by Crippen LogP contribution is -2.06. The molecule has 0 aliphatic heterocycles. The number of benzene rings is 1. The Morgan fingerprint density at radius 2 is 2.06 bits per heavy atom. The molecule has 0 saturated carbocycles. The summed E-state index contributed by atoms with van der Waals surface area (Å²) < 4.78 is 18.8. The van der Waals surface area contributed by atoms with Crippen LogP contribution < -0.4 is 10.5 Å². The van der Waals surface area contributed by atoms with Gasteiger partial charge in [-0.2, -0.15) is 0 Å². The van der Waals surface area contributed by atoms with Crippen LogP contribution in [-0.4, -0.2) is 17.1 Å². The van der Waals surface area contributed by atoms with Crippen molar-refractivity contribution in [1.29, 1.82) is 0 Å². The second-order valence-electron chi connectivity index (χ2n) is 3.39. The van der Waals surface area contributed by atoms with E-state index in [9.17, 15) is 4.39 Å². The standard InChI is InChI=1S/C12H12FN3O/c1-17-12-9(6-14)11(15-7-16-12)8-4-2-3-5-10(8)13/h2-5,7H,6,14H2,1H3. The Kier molecular flexibility index (Phi) is 3.30. The fourth-order valence-corrected chi connectivity index (χ4v) is 1.64. The van der Waals surface area contributed by atoms with Gasteiger partial charge < -0.3 is 10.5 Å². The van der Waals surface area contributed by atoms with Crippen LogP contribution in [0.2, 0.25) is 0 Å². The van der Waals surface area contributed by atoms with E-state index in [1.165, 1.54) is 19.5 Å². The third-order valence-electron chi connectivity index (χ3n) is 2.43. The van der Waals surface area contributed by atoms with Crippen molar-refractivity contribution in [2.24, 2.45) is 5.73 Å². The first kappa shape index (κ1) is 11.5. The average Bonchev–Trinajstić information content (AvgIpc) is 2.38. The van der Waals surface area contributed by atoms with E-state index >= 15 is 0 Å².